The molecule has 2 aromatic carbocycles. The van der Waals surface area contributed by atoms with Crippen molar-refractivity contribution in [3.63, 3.8) is 0 Å². The van der Waals surface area contributed by atoms with Crippen LogP contribution >= 0.6 is 0 Å². The number of aliphatic hydroxyl groups is 1. The molecule has 28 heavy (non-hydrogen) atoms. The summed E-state index contributed by atoms with van der Waals surface area (Å²) in [5.41, 5.74) is 1.86. The molecule has 0 aromatic heterocycles. The maximum atomic E-state index is 13.2. The van der Waals surface area contributed by atoms with Gasteiger partial charge < -0.3 is 14.7 Å². The average Bonchev–Trinajstić information content (AvgIpc) is 3.25. The summed E-state index contributed by atoms with van der Waals surface area (Å²) in [6.45, 7) is 0.545. The van der Waals surface area contributed by atoms with Crippen molar-refractivity contribution in [2.45, 2.75) is 44.2 Å². The zero-order chi connectivity index (χ0) is 19.5. The second-order valence-electron chi connectivity index (χ2n) is 8.27. The first-order valence-electron chi connectivity index (χ1n) is 10.3. The van der Waals surface area contributed by atoms with Gasteiger partial charge in [-0.25, -0.2) is 0 Å². The van der Waals surface area contributed by atoms with E-state index in [9.17, 15) is 9.90 Å². The van der Waals surface area contributed by atoms with Gasteiger partial charge in [-0.1, -0.05) is 42.5 Å². The molecule has 2 fully saturated rings. The maximum absolute atomic E-state index is 13.2. The van der Waals surface area contributed by atoms with E-state index in [0.717, 1.165) is 32.1 Å². The molecule has 0 saturated heterocycles. The first kappa shape index (κ1) is 19.0. The van der Waals surface area contributed by atoms with E-state index < -0.39 is 0 Å². The van der Waals surface area contributed by atoms with Crippen molar-refractivity contribution in [1.82, 2.24) is 4.90 Å². The first-order chi connectivity index (χ1) is 13.6. The van der Waals surface area contributed by atoms with Gasteiger partial charge >= 0.3 is 0 Å². The third kappa shape index (κ3) is 4.07. The Labute approximate surface area is 167 Å². The highest BCUT2D eigenvalue weighted by Gasteiger charge is 2.43. The van der Waals surface area contributed by atoms with Gasteiger partial charge in [0.25, 0.3) is 5.91 Å². The number of hydrogen-bond acceptors (Lipinski definition) is 3. The van der Waals surface area contributed by atoms with Crippen LogP contribution in [0.3, 0.4) is 0 Å². The average molecular weight is 380 g/mol. The number of ether oxygens (including phenoxy) is 1. The van der Waals surface area contributed by atoms with E-state index >= 15 is 0 Å². The van der Waals surface area contributed by atoms with E-state index in [1.54, 1.807) is 0 Å². The molecule has 2 aliphatic carbocycles. The van der Waals surface area contributed by atoms with Gasteiger partial charge in [0.05, 0.1) is 18.3 Å². The number of benzene rings is 2. The molecule has 0 bridgehead atoms. The smallest absolute Gasteiger partial charge is 0.257 e. The van der Waals surface area contributed by atoms with Crippen LogP contribution in [0.4, 0.5) is 0 Å². The van der Waals surface area contributed by atoms with Crippen molar-refractivity contribution in [2.75, 3.05) is 13.7 Å². The molecule has 148 valence electrons. The molecule has 1 amide bonds. The van der Waals surface area contributed by atoms with E-state index in [4.69, 9.17) is 4.74 Å². The molecule has 4 nitrogen and oxygen atoms in total. The second kappa shape index (κ2) is 8.36. The quantitative estimate of drug-likeness (QED) is 0.827. The number of amides is 1. The van der Waals surface area contributed by atoms with E-state index in [2.05, 4.69) is 12.1 Å². The number of hydrogen-bond donors (Lipinski definition) is 1. The number of carbonyl (C=O) groups excluding carboxylic acids is 1. The largest absolute Gasteiger partial charge is 0.492 e. The van der Waals surface area contributed by atoms with E-state index in [1.807, 2.05) is 54.4 Å². The monoisotopic (exact) mass is 379 g/mol. The number of para-hydroxylation sites is 1. The molecule has 4 atom stereocenters. The summed E-state index contributed by atoms with van der Waals surface area (Å²) in [5, 5.41) is 9.85. The van der Waals surface area contributed by atoms with Crippen LogP contribution in [0, 0.1) is 11.8 Å². The lowest BCUT2D eigenvalue weighted by atomic mass is 10.0. The zero-order valence-corrected chi connectivity index (χ0v) is 16.5. The lowest BCUT2D eigenvalue weighted by molar-refractivity contribution is 0.0718. The summed E-state index contributed by atoms with van der Waals surface area (Å²) in [5.74, 6) is 1.81. The van der Waals surface area contributed by atoms with Gasteiger partial charge in [0.15, 0.2) is 0 Å². The van der Waals surface area contributed by atoms with Crippen molar-refractivity contribution in [1.29, 1.82) is 0 Å². The van der Waals surface area contributed by atoms with Crippen molar-refractivity contribution >= 4 is 5.91 Å². The maximum Gasteiger partial charge on any atom is 0.257 e. The lowest BCUT2D eigenvalue weighted by Gasteiger charge is -2.26. The first-order valence-corrected chi connectivity index (χ1v) is 10.3. The molecule has 2 unspecified atom stereocenters. The molecular weight excluding hydrogens is 350 g/mol. The van der Waals surface area contributed by atoms with Gasteiger partial charge in [0.2, 0.25) is 0 Å². The minimum Gasteiger partial charge on any atom is -0.492 e. The van der Waals surface area contributed by atoms with Crippen molar-refractivity contribution < 1.29 is 14.6 Å². The summed E-state index contributed by atoms with van der Waals surface area (Å²) in [6, 6.07) is 18.0. The minimum absolute atomic E-state index is 0.0285. The minimum atomic E-state index is -0.143. The summed E-state index contributed by atoms with van der Waals surface area (Å²) in [4.78, 5) is 15.1. The Balaban J connectivity index is 1.39. The normalized spacial score (nSPS) is 26.1. The number of carbonyl (C=O) groups is 1. The van der Waals surface area contributed by atoms with Crippen LogP contribution in [0.25, 0.3) is 0 Å². The number of aliphatic hydroxyl groups excluding tert-OH is 1. The van der Waals surface area contributed by atoms with E-state index in [1.165, 1.54) is 5.56 Å². The Kier molecular flexibility index (Phi) is 5.67. The van der Waals surface area contributed by atoms with E-state index in [-0.39, 0.29) is 18.1 Å². The molecule has 0 aliphatic heterocycles. The highest BCUT2D eigenvalue weighted by atomic mass is 16.5. The van der Waals surface area contributed by atoms with Gasteiger partial charge in [0.1, 0.15) is 5.75 Å². The molecule has 1 N–H and O–H groups in total. The molecule has 2 aromatic rings. The van der Waals surface area contributed by atoms with Crippen LogP contribution in [0.15, 0.2) is 54.6 Å². The van der Waals surface area contributed by atoms with Crippen molar-refractivity contribution in [2.24, 2.45) is 11.8 Å². The molecule has 4 heteroatoms. The summed E-state index contributed by atoms with van der Waals surface area (Å²) >= 11 is 0. The van der Waals surface area contributed by atoms with Crippen LogP contribution in [0.1, 0.15) is 41.6 Å². The molecule has 2 aliphatic rings. The van der Waals surface area contributed by atoms with Crippen LogP contribution in [-0.2, 0) is 6.42 Å². The number of fused-ring (bicyclic) bond motifs is 1. The van der Waals surface area contributed by atoms with Gasteiger partial charge in [-0.15, -0.1) is 0 Å². The zero-order valence-electron chi connectivity index (χ0n) is 16.5. The predicted molar refractivity (Wildman–Crippen MR) is 109 cm³/mol. The second-order valence-corrected chi connectivity index (χ2v) is 8.27. The van der Waals surface area contributed by atoms with Crippen LogP contribution in [0.2, 0.25) is 0 Å². The molecule has 0 spiro atoms. The van der Waals surface area contributed by atoms with Crippen LogP contribution in [-0.4, -0.2) is 41.7 Å². The molecule has 0 radical (unpaired) electrons. The van der Waals surface area contributed by atoms with Gasteiger partial charge in [-0.3, -0.25) is 4.79 Å². The standard InChI is InChI=1S/C24H29NO3/c1-25(20-13-18-15-21(26)16-19(18)14-20)24(27)22-9-5-6-10-23(22)28-12-11-17-7-3-2-4-8-17/h2-10,18-21,26H,11-16H2,1H3/t18-,19+,20?,21?. The highest BCUT2D eigenvalue weighted by Crippen LogP contribution is 2.45. The molecule has 4 rings (SSSR count). The summed E-state index contributed by atoms with van der Waals surface area (Å²) in [7, 11) is 1.91. The Bertz CT molecular complexity index is 793. The SMILES string of the molecule is CN(C(=O)c1ccccc1OCCc1ccccc1)C1C[C@H]2CC(O)C[C@H]2C1. The van der Waals surface area contributed by atoms with Crippen LogP contribution in [0.5, 0.6) is 5.75 Å². The molecular formula is C24H29NO3. The van der Waals surface area contributed by atoms with Crippen molar-refractivity contribution in [3.05, 3.63) is 65.7 Å². The Morgan fingerprint density at radius 1 is 1.00 bits per heavy atom. The van der Waals surface area contributed by atoms with Gasteiger partial charge in [-0.05, 0) is 55.2 Å². The summed E-state index contributed by atoms with van der Waals surface area (Å²) in [6.07, 6.45) is 4.45. The number of rotatable bonds is 6. The molecule has 2 saturated carbocycles. The number of nitrogens with zero attached hydrogens (tertiary/aromatic N) is 1. The third-order valence-corrected chi connectivity index (χ3v) is 6.44. The highest BCUT2D eigenvalue weighted by molar-refractivity contribution is 5.97. The topological polar surface area (TPSA) is 49.8 Å². The Morgan fingerprint density at radius 2 is 1.64 bits per heavy atom. The predicted octanol–water partition coefficient (Wildman–Crippen LogP) is 3.93. The third-order valence-electron chi connectivity index (χ3n) is 6.44. The van der Waals surface area contributed by atoms with Crippen LogP contribution < -0.4 is 4.74 Å². The molecule has 0 heterocycles. The lowest BCUT2D eigenvalue weighted by Crippen LogP contribution is -2.36. The Morgan fingerprint density at radius 3 is 2.36 bits per heavy atom. The Hall–Kier alpha value is -2.33. The van der Waals surface area contributed by atoms with Crippen molar-refractivity contribution in [3.8, 4) is 5.75 Å². The fraction of sp³-hybridized carbons (Fsp3) is 0.458. The summed E-state index contributed by atoms with van der Waals surface area (Å²) < 4.78 is 5.98. The fourth-order valence-corrected chi connectivity index (χ4v) is 4.92. The van der Waals surface area contributed by atoms with E-state index in [0.29, 0.717) is 29.8 Å². The van der Waals surface area contributed by atoms with Gasteiger partial charge in [0, 0.05) is 19.5 Å². The fourth-order valence-electron chi connectivity index (χ4n) is 4.92. The van der Waals surface area contributed by atoms with Gasteiger partial charge in [-0.2, -0.15) is 0 Å².